The molecule has 8 heteroatoms. The Bertz CT molecular complexity index is 821. The van der Waals surface area contributed by atoms with Gasteiger partial charge in [-0.1, -0.05) is 0 Å². The van der Waals surface area contributed by atoms with Gasteiger partial charge in [-0.3, -0.25) is 9.59 Å². The smallest absolute Gasteiger partial charge is 0.251 e. The van der Waals surface area contributed by atoms with Crippen LogP contribution in [0.3, 0.4) is 0 Å². The number of halogens is 2. The number of aryl methyl sites for hydroxylation is 1. The molecule has 1 aliphatic rings. The molecule has 0 fully saturated rings. The van der Waals surface area contributed by atoms with Gasteiger partial charge in [0.25, 0.3) is 5.91 Å². The Balaban J connectivity index is 1.67. The third kappa shape index (κ3) is 3.44. The summed E-state index contributed by atoms with van der Waals surface area (Å²) in [4.78, 5) is 25.3. The van der Waals surface area contributed by atoms with E-state index in [-0.39, 0.29) is 11.7 Å². The van der Waals surface area contributed by atoms with E-state index in [1.54, 1.807) is 0 Å². The molecular weight excluding hydrogens is 354 g/mol. The van der Waals surface area contributed by atoms with E-state index >= 15 is 0 Å². The van der Waals surface area contributed by atoms with Crippen molar-refractivity contribution in [3.63, 3.8) is 0 Å². The number of carbonyl (C=O) groups excluding carboxylic acids is 2. The fraction of sp³-hybridized carbons (Fsp3) is 0.250. The van der Waals surface area contributed by atoms with Crippen LogP contribution in [0.2, 0.25) is 0 Å². The molecule has 3 N–H and O–H groups in total. The van der Waals surface area contributed by atoms with Gasteiger partial charge in [0.2, 0.25) is 5.91 Å². The minimum absolute atomic E-state index is 0.0197. The van der Waals surface area contributed by atoms with E-state index in [0.717, 1.165) is 53.6 Å². The molecule has 2 aromatic rings. The van der Waals surface area contributed by atoms with Crippen molar-refractivity contribution in [2.75, 3.05) is 11.1 Å². The molecule has 1 aromatic heterocycles. The van der Waals surface area contributed by atoms with Crippen molar-refractivity contribution in [1.82, 2.24) is 0 Å². The summed E-state index contributed by atoms with van der Waals surface area (Å²) < 4.78 is 26.0. The molecule has 2 amide bonds. The third-order valence-corrected chi connectivity index (χ3v) is 5.88. The highest BCUT2D eigenvalue weighted by Gasteiger charge is 2.26. The van der Waals surface area contributed by atoms with Crippen molar-refractivity contribution in [2.45, 2.75) is 24.2 Å². The van der Waals surface area contributed by atoms with Gasteiger partial charge in [-0.2, -0.15) is 0 Å². The Hall–Kier alpha value is -1.93. The maximum absolute atomic E-state index is 13.1. The van der Waals surface area contributed by atoms with Gasteiger partial charge in [-0.05, 0) is 43.0 Å². The summed E-state index contributed by atoms with van der Waals surface area (Å²) >= 11 is 2.47. The van der Waals surface area contributed by atoms with Gasteiger partial charge in [-0.25, -0.2) is 8.78 Å². The number of hydrogen-bond acceptors (Lipinski definition) is 4. The number of nitrogens with two attached hydrogens (primary N) is 1. The summed E-state index contributed by atoms with van der Waals surface area (Å²) in [6.45, 7) is 0. The van der Waals surface area contributed by atoms with Crippen LogP contribution in [-0.4, -0.2) is 17.6 Å². The van der Waals surface area contributed by atoms with Crippen LogP contribution in [0.4, 0.5) is 13.8 Å². The third-order valence-electron chi connectivity index (χ3n) is 3.68. The standard InChI is InChI=1S/C16H14F2N2O2S2/c17-10-5-4-8(6-11(10)18)23-7-13(21)20-16-14(15(19)22)9-2-1-3-12(9)24-16/h4-6H,1-3,7H2,(H2,19,22)(H,20,21). The molecule has 1 aromatic carbocycles. The number of carbonyl (C=O) groups is 2. The first kappa shape index (κ1) is 16.9. The van der Waals surface area contributed by atoms with E-state index in [9.17, 15) is 18.4 Å². The quantitative estimate of drug-likeness (QED) is 0.795. The highest BCUT2D eigenvalue weighted by atomic mass is 32.2. The number of anilines is 1. The zero-order valence-corrected chi connectivity index (χ0v) is 14.2. The van der Waals surface area contributed by atoms with Crippen molar-refractivity contribution in [2.24, 2.45) is 5.73 Å². The van der Waals surface area contributed by atoms with Crippen molar-refractivity contribution in [3.05, 3.63) is 45.8 Å². The number of fused-ring (bicyclic) bond motifs is 1. The second kappa shape index (κ2) is 6.90. The number of thioether (sulfide) groups is 1. The number of rotatable bonds is 5. The zero-order valence-electron chi connectivity index (χ0n) is 12.5. The van der Waals surface area contributed by atoms with E-state index < -0.39 is 17.5 Å². The molecule has 0 atom stereocenters. The Morgan fingerprint density at radius 2 is 2.04 bits per heavy atom. The summed E-state index contributed by atoms with van der Waals surface area (Å²) in [5, 5.41) is 3.18. The van der Waals surface area contributed by atoms with E-state index in [2.05, 4.69) is 5.32 Å². The molecule has 126 valence electrons. The van der Waals surface area contributed by atoms with Gasteiger partial charge in [0.15, 0.2) is 11.6 Å². The minimum atomic E-state index is -0.953. The van der Waals surface area contributed by atoms with Gasteiger partial charge in [0, 0.05) is 9.77 Å². The molecule has 0 spiro atoms. The molecule has 0 unspecified atom stereocenters. The first-order valence-electron chi connectivity index (χ1n) is 7.27. The number of thiophene rings is 1. The summed E-state index contributed by atoms with van der Waals surface area (Å²) in [5.74, 6) is -2.73. The van der Waals surface area contributed by atoms with Crippen LogP contribution in [0.5, 0.6) is 0 Å². The lowest BCUT2D eigenvalue weighted by molar-refractivity contribution is -0.113. The van der Waals surface area contributed by atoms with Crippen molar-refractivity contribution in [3.8, 4) is 0 Å². The van der Waals surface area contributed by atoms with Crippen LogP contribution < -0.4 is 11.1 Å². The largest absolute Gasteiger partial charge is 0.365 e. The van der Waals surface area contributed by atoms with Gasteiger partial charge in [-0.15, -0.1) is 23.1 Å². The van der Waals surface area contributed by atoms with Crippen LogP contribution in [0.15, 0.2) is 23.1 Å². The second-order valence-corrected chi connectivity index (χ2v) is 7.49. The minimum Gasteiger partial charge on any atom is -0.365 e. The summed E-state index contributed by atoms with van der Waals surface area (Å²) in [6.07, 6.45) is 2.67. The van der Waals surface area contributed by atoms with Crippen molar-refractivity contribution < 1.29 is 18.4 Å². The Morgan fingerprint density at radius 1 is 1.25 bits per heavy atom. The lowest BCUT2D eigenvalue weighted by Gasteiger charge is -2.06. The monoisotopic (exact) mass is 368 g/mol. The fourth-order valence-electron chi connectivity index (χ4n) is 2.63. The van der Waals surface area contributed by atoms with Crippen LogP contribution in [-0.2, 0) is 17.6 Å². The molecule has 4 nitrogen and oxygen atoms in total. The first-order chi connectivity index (χ1) is 11.5. The summed E-state index contributed by atoms with van der Waals surface area (Å²) in [5.41, 5.74) is 6.78. The van der Waals surface area contributed by atoms with Gasteiger partial charge < -0.3 is 11.1 Å². The average molecular weight is 368 g/mol. The van der Waals surface area contributed by atoms with E-state index in [4.69, 9.17) is 5.73 Å². The highest BCUT2D eigenvalue weighted by Crippen LogP contribution is 2.38. The molecule has 1 aliphatic carbocycles. The van der Waals surface area contributed by atoms with E-state index in [1.807, 2.05) is 0 Å². The molecule has 0 saturated heterocycles. The number of nitrogens with one attached hydrogen (secondary N) is 1. The van der Waals surface area contributed by atoms with Gasteiger partial charge in [0.05, 0.1) is 11.3 Å². The first-order valence-corrected chi connectivity index (χ1v) is 9.08. The number of amides is 2. The van der Waals surface area contributed by atoms with E-state index in [1.165, 1.54) is 17.4 Å². The van der Waals surface area contributed by atoms with Crippen LogP contribution >= 0.6 is 23.1 Å². The second-order valence-electron chi connectivity index (χ2n) is 5.34. The number of benzene rings is 1. The average Bonchev–Trinajstić information content (AvgIpc) is 3.08. The molecular formula is C16H14F2N2O2S2. The Labute approximate surface area is 145 Å². The summed E-state index contributed by atoms with van der Waals surface area (Å²) in [7, 11) is 0. The number of hydrogen-bond donors (Lipinski definition) is 2. The molecule has 24 heavy (non-hydrogen) atoms. The SMILES string of the molecule is NC(=O)c1c(NC(=O)CSc2ccc(F)c(F)c2)sc2c1CCC2. The topological polar surface area (TPSA) is 72.2 Å². The maximum atomic E-state index is 13.1. The maximum Gasteiger partial charge on any atom is 0.251 e. The molecule has 3 rings (SSSR count). The predicted molar refractivity (Wildman–Crippen MR) is 90.6 cm³/mol. The Morgan fingerprint density at radius 3 is 2.75 bits per heavy atom. The molecule has 0 saturated carbocycles. The van der Waals surface area contributed by atoms with Gasteiger partial charge in [0.1, 0.15) is 5.00 Å². The fourth-order valence-corrected chi connectivity index (χ4v) is 4.66. The Kier molecular flexibility index (Phi) is 4.86. The normalized spacial score (nSPS) is 12.9. The van der Waals surface area contributed by atoms with Gasteiger partial charge >= 0.3 is 0 Å². The zero-order chi connectivity index (χ0) is 17.3. The molecule has 0 aliphatic heterocycles. The van der Waals surface area contributed by atoms with E-state index in [0.29, 0.717) is 15.5 Å². The van der Waals surface area contributed by atoms with Crippen molar-refractivity contribution >= 4 is 39.9 Å². The lowest BCUT2D eigenvalue weighted by atomic mass is 10.1. The summed E-state index contributed by atoms with van der Waals surface area (Å²) in [6, 6.07) is 3.47. The molecule has 0 bridgehead atoms. The molecule has 0 radical (unpaired) electrons. The lowest BCUT2D eigenvalue weighted by Crippen LogP contribution is -2.18. The number of primary amides is 1. The molecule has 1 heterocycles. The predicted octanol–water partition coefficient (Wildman–Crippen LogP) is 3.34. The van der Waals surface area contributed by atoms with Crippen LogP contribution in [0.25, 0.3) is 0 Å². The van der Waals surface area contributed by atoms with Crippen LogP contribution in [0.1, 0.15) is 27.2 Å². The van der Waals surface area contributed by atoms with Crippen LogP contribution in [0, 0.1) is 11.6 Å². The highest BCUT2D eigenvalue weighted by molar-refractivity contribution is 8.00. The van der Waals surface area contributed by atoms with Crippen molar-refractivity contribution in [1.29, 1.82) is 0 Å².